The molecular formula is C22H30ClN5OS. The van der Waals surface area contributed by atoms with Gasteiger partial charge in [-0.15, -0.1) is 11.3 Å². The first kappa shape index (κ1) is 22.6. The molecule has 8 heteroatoms. The number of nitrogens with one attached hydrogen (secondary N) is 1. The van der Waals surface area contributed by atoms with Gasteiger partial charge >= 0.3 is 0 Å². The number of carbonyl (C=O) groups is 1. The molecule has 162 valence electrons. The number of amides is 1. The molecule has 1 N–H and O–H groups in total. The van der Waals surface area contributed by atoms with E-state index in [1.54, 1.807) is 11.3 Å². The molecule has 0 aliphatic carbocycles. The van der Waals surface area contributed by atoms with Crippen LogP contribution in [0.3, 0.4) is 0 Å². The van der Waals surface area contributed by atoms with E-state index in [-0.39, 0.29) is 5.91 Å². The quantitative estimate of drug-likeness (QED) is 0.522. The Balaban J connectivity index is 1.50. The third-order valence-electron chi connectivity index (χ3n) is 5.05. The van der Waals surface area contributed by atoms with E-state index >= 15 is 0 Å². The minimum absolute atomic E-state index is 0.148. The minimum atomic E-state index is 0.148. The summed E-state index contributed by atoms with van der Waals surface area (Å²) in [6.45, 7) is 8.74. The number of guanidine groups is 1. The van der Waals surface area contributed by atoms with E-state index in [4.69, 9.17) is 16.6 Å². The highest BCUT2D eigenvalue weighted by atomic mass is 35.5. The van der Waals surface area contributed by atoms with E-state index in [1.165, 1.54) is 4.88 Å². The fraction of sp³-hybridized carbons (Fsp3) is 0.500. The summed E-state index contributed by atoms with van der Waals surface area (Å²) in [5.74, 6) is 1.07. The number of halogens is 1. The molecular weight excluding hydrogens is 418 g/mol. The SMILES string of the molecule is CCNC(=NCCc1ncc(CC)s1)N1CCN(C(=O)Cc2cccc(Cl)c2)CC1. The van der Waals surface area contributed by atoms with Gasteiger partial charge in [0.1, 0.15) is 0 Å². The summed E-state index contributed by atoms with van der Waals surface area (Å²) >= 11 is 7.80. The first-order chi connectivity index (χ1) is 14.6. The molecule has 2 aromatic rings. The Morgan fingerprint density at radius 1 is 1.23 bits per heavy atom. The Morgan fingerprint density at radius 3 is 2.67 bits per heavy atom. The number of piperazine rings is 1. The van der Waals surface area contributed by atoms with Gasteiger partial charge in [0.2, 0.25) is 5.91 Å². The lowest BCUT2D eigenvalue weighted by Gasteiger charge is -2.36. The van der Waals surface area contributed by atoms with Gasteiger partial charge < -0.3 is 15.1 Å². The summed E-state index contributed by atoms with van der Waals surface area (Å²) in [7, 11) is 0. The van der Waals surface area contributed by atoms with Gasteiger partial charge in [-0.25, -0.2) is 4.98 Å². The van der Waals surface area contributed by atoms with Crippen molar-refractivity contribution in [3.05, 3.63) is 50.9 Å². The van der Waals surface area contributed by atoms with Gasteiger partial charge in [0, 0.05) is 61.8 Å². The van der Waals surface area contributed by atoms with Gasteiger partial charge in [-0.3, -0.25) is 9.79 Å². The molecule has 0 radical (unpaired) electrons. The Labute approximate surface area is 188 Å². The highest BCUT2D eigenvalue weighted by molar-refractivity contribution is 7.11. The maximum Gasteiger partial charge on any atom is 0.227 e. The number of benzene rings is 1. The van der Waals surface area contributed by atoms with Crippen molar-refractivity contribution in [1.29, 1.82) is 0 Å². The molecule has 6 nitrogen and oxygen atoms in total. The van der Waals surface area contributed by atoms with Gasteiger partial charge in [-0.2, -0.15) is 0 Å². The van der Waals surface area contributed by atoms with Crippen LogP contribution in [0, 0.1) is 0 Å². The average Bonchev–Trinajstić information content (AvgIpc) is 3.21. The molecule has 3 rings (SSSR count). The van der Waals surface area contributed by atoms with E-state index in [9.17, 15) is 4.79 Å². The molecule has 2 heterocycles. The normalized spacial score (nSPS) is 14.8. The van der Waals surface area contributed by atoms with Crippen LogP contribution in [0.5, 0.6) is 0 Å². The smallest absolute Gasteiger partial charge is 0.227 e. The standard InChI is InChI=1S/C22H30ClN5OS/c1-3-19-16-26-20(30-19)8-9-25-22(24-4-2)28-12-10-27(11-13-28)21(29)15-17-6-5-7-18(23)14-17/h5-7,14,16H,3-4,8-13,15H2,1-2H3,(H,24,25). The minimum Gasteiger partial charge on any atom is -0.357 e. The van der Waals surface area contributed by atoms with Crippen molar-refractivity contribution in [3.63, 3.8) is 0 Å². The topological polar surface area (TPSA) is 60.8 Å². The number of nitrogens with zero attached hydrogens (tertiary/aromatic N) is 4. The Bertz CT molecular complexity index is 861. The third kappa shape index (κ3) is 6.44. The number of aromatic nitrogens is 1. The number of hydrogen-bond donors (Lipinski definition) is 1. The maximum atomic E-state index is 12.6. The van der Waals surface area contributed by atoms with Gasteiger partial charge in [-0.05, 0) is 31.0 Å². The van der Waals surface area contributed by atoms with Crippen molar-refractivity contribution in [3.8, 4) is 0 Å². The highest BCUT2D eigenvalue weighted by Gasteiger charge is 2.23. The summed E-state index contributed by atoms with van der Waals surface area (Å²) in [4.78, 5) is 27.4. The summed E-state index contributed by atoms with van der Waals surface area (Å²) < 4.78 is 0. The molecule has 1 aromatic heterocycles. The number of carbonyl (C=O) groups excluding carboxylic acids is 1. The van der Waals surface area contributed by atoms with Gasteiger partial charge in [0.15, 0.2) is 5.96 Å². The molecule has 1 fully saturated rings. The highest BCUT2D eigenvalue weighted by Crippen LogP contribution is 2.15. The molecule has 0 bridgehead atoms. The maximum absolute atomic E-state index is 12.6. The van der Waals surface area contributed by atoms with Crippen molar-refractivity contribution in [2.75, 3.05) is 39.3 Å². The number of aryl methyl sites for hydroxylation is 1. The first-order valence-corrected chi connectivity index (χ1v) is 11.8. The summed E-state index contributed by atoms with van der Waals surface area (Å²) in [5.41, 5.74) is 0.957. The van der Waals surface area contributed by atoms with Crippen LogP contribution in [0.15, 0.2) is 35.5 Å². The molecule has 0 atom stereocenters. The van der Waals surface area contributed by atoms with Crippen LogP contribution < -0.4 is 5.32 Å². The molecule has 1 aliphatic heterocycles. The van der Waals surface area contributed by atoms with Crippen molar-refractivity contribution >= 4 is 34.8 Å². The lowest BCUT2D eigenvalue weighted by Crippen LogP contribution is -2.54. The zero-order valence-corrected chi connectivity index (χ0v) is 19.3. The second-order valence-corrected chi connectivity index (χ2v) is 8.87. The zero-order chi connectivity index (χ0) is 21.3. The van der Waals surface area contributed by atoms with E-state index < -0.39 is 0 Å². The van der Waals surface area contributed by atoms with Crippen molar-refractivity contribution in [1.82, 2.24) is 20.1 Å². The second-order valence-electron chi connectivity index (χ2n) is 7.23. The Hall–Kier alpha value is -2.12. The van der Waals surface area contributed by atoms with E-state index in [0.29, 0.717) is 31.1 Å². The van der Waals surface area contributed by atoms with Crippen LogP contribution in [0.1, 0.15) is 29.3 Å². The van der Waals surface area contributed by atoms with Crippen LogP contribution in [0.2, 0.25) is 5.02 Å². The zero-order valence-electron chi connectivity index (χ0n) is 17.7. The van der Waals surface area contributed by atoms with Gasteiger partial charge in [-0.1, -0.05) is 30.7 Å². The molecule has 30 heavy (non-hydrogen) atoms. The first-order valence-electron chi connectivity index (χ1n) is 10.6. The Morgan fingerprint density at radius 2 is 2.00 bits per heavy atom. The van der Waals surface area contributed by atoms with Gasteiger partial charge in [0.05, 0.1) is 11.4 Å². The monoisotopic (exact) mass is 447 g/mol. The molecule has 1 aliphatic rings. The predicted molar refractivity (Wildman–Crippen MR) is 124 cm³/mol. The summed E-state index contributed by atoms with van der Waals surface area (Å²) in [6.07, 6.45) is 4.25. The molecule has 1 aromatic carbocycles. The molecule has 1 amide bonds. The van der Waals surface area contributed by atoms with E-state index in [1.807, 2.05) is 35.4 Å². The third-order valence-corrected chi connectivity index (χ3v) is 6.48. The van der Waals surface area contributed by atoms with Crippen molar-refractivity contribution in [2.24, 2.45) is 4.99 Å². The number of rotatable bonds is 7. The average molecular weight is 448 g/mol. The number of hydrogen-bond acceptors (Lipinski definition) is 4. The van der Waals surface area contributed by atoms with Crippen LogP contribution in [0.4, 0.5) is 0 Å². The van der Waals surface area contributed by atoms with Crippen molar-refractivity contribution < 1.29 is 4.79 Å². The fourth-order valence-electron chi connectivity index (χ4n) is 3.41. The molecule has 1 saturated heterocycles. The second kappa shape index (κ2) is 11.3. The number of aliphatic imine (C=N–C) groups is 1. The molecule has 0 unspecified atom stereocenters. The van der Waals surface area contributed by atoms with Crippen molar-refractivity contribution in [2.45, 2.75) is 33.1 Å². The molecule has 0 spiro atoms. The van der Waals surface area contributed by atoms with Crippen LogP contribution in [0.25, 0.3) is 0 Å². The van der Waals surface area contributed by atoms with Crippen LogP contribution in [-0.2, 0) is 24.1 Å². The van der Waals surface area contributed by atoms with Crippen LogP contribution in [-0.4, -0.2) is 65.9 Å². The Kier molecular flexibility index (Phi) is 8.51. The lowest BCUT2D eigenvalue weighted by atomic mass is 10.1. The molecule has 0 saturated carbocycles. The number of thiazole rings is 1. The van der Waals surface area contributed by atoms with E-state index in [2.05, 4.69) is 29.0 Å². The fourth-order valence-corrected chi connectivity index (χ4v) is 4.48. The summed E-state index contributed by atoms with van der Waals surface area (Å²) in [6, 6.07) is 7.52. The van der Waals surface area contributed by atoms with Crippen LogP contribution >= 0.6 is 22.9 Å². The predicted octanol–water partition coefficient (Wildman–Crippen LogP) is 3.25. The largest absolute Gasteiger partial charge is 0.357 e. The van der Waals surface area contributed by atoms with E-state index in [0.717, 1.165) is 49.0 Å². The lowest BCUT2D eigenvalue weighted by molar-refractivity contribution is -0.131. The van der Waals surface area contributed by atoms with Gasteiger partial charge in [0.25, 0.3) is 0 Å². The summed E-state index contributed by atoms with van der Waals surface area (Å²) in [5, 5.41) is 5.19.